The van der Waals surface area contributed by atoms with E-state index in [0.717, 1.165) is 12.8 Å². The predicted molar refractivity (Wildman–Crippen MR) is 76.2 cm³/mol. The van der Waals surface area contributed by atoms with Crippen LogP contribution in [0.1, 0.15) is 47.6 Å². The number of carbonyl (C=O) groups is 1. The van der Waals surface area contributed by atoms with Gasteiger partial charge >= 0.3 is 0 Å². The number of nitrogens with one attached hydrogen (secondary N) is 1. The molecule has 1 saturated carbocycles. The summed E-state index contributed by atoms with van der Waals surface area (Å²) >= 11 is 0. The first kappa shape index (κ1) is 10.1. The van der Waals surface area contributed by atoms with Gasteiger partial charge in [-0.3, -0.25) is 4.79 Å². The van der Waals surface area contributed by atoms with Crippen molar-refractivity contribution in [3.63, 3.8) is 0 Å². The topological polar surface area (TPSA) is 47.6 Å². The zero-order valence-electron chi connectivity index (χ0n) is 14.6. The van der Waals surface area contributed by atoms with Crippen molar-refractivity contribution < 1.29 is 18.4 Å². The number of amides is 1. The Morgan fingerprint density at radius 3 is 2.80 bits per heavy atom. The summed E-state index contributed by atoms with van der Waals surface area (Å²) in [7, 11) is 1.53. The smallest absolute Gasteiger partial charge is 0.220 e. The lowest BCUT2D eigenvalue weighted by Crippen LogP contribution is -2.14. The van der Waals surface area contributed by atoms with Crippen LogP contribution in [0.15, 0.2) is 18.2 Å². The van der Waals surface area contributed by atoms with Crippen molar-refractivity contribution in [2.45, 2.75) is 44.1 Å². The van der Waals surface area contributed by atoms with Crippen molar-refractivity contribution in [1.82, 2.24) is 5.32 Å². The molecule has 108 valence electrons. The molecule has 1 aliphatic heterocycles. The molecular weight excluding hydrogens is 254 g/mol. The molecular formula is C16H21NO3. The van der Waals surface area contributed by atoms with E-state index in [2.05, 4.69) is 5.32 Å². The Morgan fingerprint density at radius 1 is 1.35 bits per heavy atom. The highest BCUT2D eigenvalue weighted by atomic mass is 16.5. The highest BCUT2D eigenvalue weighted by molar-refractivity contribution is 5.79. The number of rotatable bonds is 4. The molecule has 3 rings (SSSR count). The molecule has 4 heteroatoms. The fraction of sp³-hybridized carbons (Fsp3) is 0.562. The van der Waals surface area contributed by atoms with Crippen LogP contribution < -0.4 is 14.8 Å². The molecule has 0 spiro atoms. The van der Waals surface area contributed by atoms with Crippen LogP contribution >= 0.6 is 0 Å². The van der Waals surface area contributed by atoms with Gasteiger partial charge in [0.05, 0.1) is 14.6 Å². The van der Waals surface area contributed by atoms with Crippen molar-refractivity contribution in [2.24, 2.45) is 0 Å². The van der Waals surface area contributed by atoms with Crippen molar-refractivity contribution in [3.05, 3.63) is 23.8 Å². The number of methoxy groups -OCH3 is 1. The fourth-order valence-corrected chi connectivity index (χ4v) is 2.67. The Bertz CT molecular complexity index is 615. The molecule has 1 atom stereocenters. The number of carbonyl (C=O) groups excluding carboxylic acids is 1. The van der Waals surface area contributed by atoms with Crippen LogP contribution in [-0.2, 0) is 4.79 Å². The molecule has 20 heavy (non-hydrogen) atoms. The Labute approximate surface area is 123 Å². The highest BCUT2D eigenvalue weighted by Crippen LogP contribution is 2.35. The minimum absolute atomic E-state index is 0.254. The van der Waals surface area contributed by atoms with Crippen molar-refractivity contribution in [3.8, 4) is 11.5 Å². The van der Waals surface area contributed by atoms with Crippen LogP contribution in [-0.4, -0.2) is 25.6 Å². The molecule has 1 amide bonds. The molecule has 2 fully saturated rings. The number of hydrogen-bond donors (Lipinski definition) is 1. The minimum atomic E-state index is -1.95. The summed E-state index contributed by atoms with van der Waals surface area (Å²) in [5.74, 6) is -0.204. The summed E-state index contributed by atoms with van der Waals surface area (Å²) in [4.78, 5) is 11.6. The summed E-state index contributed by atoms with van der Waals surface area (Å²) in [5.41, 5.74) is 0.672. The molecule has 1 heterocycles. The van der Waals surface area contributed by atoms with Gasteiger partial charge in [-0.25, -0.2) is 0 Å². The lowest BCUT2D eigenvalue weighted by Gasteiger charge is -2.18. The SMILES string of the molecule is [2H]C1(Oc2cc(C3CNC(=O)C3([2H])[2H])ccc2OC)CCCC1. The van der Waals surface area contributed by atoms with E-state index in [0.29, 0.717) is 29.9 Å². The zero-order valence-corrected chi connectivity index (χ0v) is 11.6. The summed E-state index contributed by atoms with van der Waals surface area (Å²) in [6.07, 6.45) is 0.381. The van der Waals surface area contributed by atoms with Gasteiger partial charge in [0.1, 0.15) is 0 Å². The monoisotopic (exact) mass is 278 g/mol. The van der Waals surface area contributed by atoms with Crippen molar-refractivity contribution in [2.75, 3.05) is 13.7 Å². The lowest BCUT2D eigenvalue weighted by molar-refractivity contribution is -0.119. The normalized spacial score (nSPS) is 29.1. The second-order valence-electron chi connectivity index (χ2n) is 5.17. The molecule has 0 bridgehead atoms. The van der Waals surface area contributed by atoms with Gasteiger partial charge in [0.15, 0.2) is 11.5 Å². The average Bonchev–Trinajstić information content (AvgIpc) is 3.04. The van der Waals surface area contributed by atoms with Crippen LogP contribution in [0, 0.1) is 0 Å². The number of hydrogen-bond acceptors (Lipinski definition) is 3. The third-order valence-corrected chi connectivity index (χ3v) is 3.78. The molecule has 1 aromatic rings. The summed E-state index contributed by atoms with van der Waals surface area (Å²) < 4.78 is 35.5. The van der Waals surface area contributed by atoms with Crippen LogP contribution in [0.5, 0.6) is 11.5 Å². The highest BCUT2D eigenvalue weighted by Gasteiger charge is 2.25. The molecule has 4 nitrogen and oxygen atoms in total. The van der Waals surface area contributed by atoms with E-state index < -0.39 is 24.3 Å². The van der Waals surface area contributed by atoms with Gasteiger partial charge in [0.2, 0.25) is 5.91 Å². The Kier molecular flexibility index (Phi) is 2.89. The lowest BCUT2D eigenvalue weighted by atomic mass is 9.98. The largest absolute Gasteiger partial charge is 0.493 e. The van der Waals surface area contributed by atoms with Crippen LogP contribution in [0.2, 0.25) is 0 Å². The Balaban J connectivity index is 1.92. The van der Waals surface area contributed by atoms with Crippen LogP contribution in [0.3, 0.4) is 0 Å². The van der Waals surface area contributed by atoms with E-state index in [9.17, 15) is 4.79 Å². The summed E-state index contributed by atoms with van der Waals surface area (Å²) in [5, 5.41) is 2.56. The van der Waals surface area contributed by atoms with Gasteiger partial charge in [-0.05, 0) is 43.4 Å². The van der Waals surface area contributed by atoms with Crippen LogP contribution in [0.25, 0.3) is 0 Å². The maximum absolute atomic E-state index is 11.6. The van der Waals surface area contributed by atoms with E-state index in [1.165, 1.54) is 7.11 Å². The predicted octanol–water partition coefficient (Wildman–Crippen LogP) is 2.62. The van der Waals surface area contributed by atoms with Crippen molar-refractivity contribution >= 4 is 5.91 Å². The summed E-state index contributed by atoms with van der Waals surface area (Å²) in [6, 6.07) is 5.16. The summed E-state index contributed by atoms with van der Waals surface area (Å²) in [6.45, 7) is 0.254. The molecule has 1 aliphatic carbocycles. The number of ether oxygens (including phenoxy) is 2. The van der Waals surface area contributed by atoms with Crippen LogP contribution in [0.4, 0.5) is 0 Å². The number of benzene rings is 1. The van der Waals surface area contributed by atoms with Gasteiger partial charge in [0, 0.05) is 21.6 Å². The van der Waals surface area contributed by atoms with Gasteiger partial charge < -0.3 is 14.8 Å². The molecule has 1 unspecified atom stereocenters. The second-order valence-corrected chi connectivity index (χ2v) is 5.17. The third kappa shape index (κ3) is 2.74. The molecule has 0 aromatic heterocycles. The quantitative estimate of drug-likeness (QED) is 0.921. The maximum atomic E-state index is 11.6. The van der Waals surface area contributed by atoms with E-state index in [1.807, 2.05) is 0 Å². The fourth-order valence-electron chi connectivity index (χ4n) is 2.67. The molecule has 0 radical (unpaired) electrons. The first-order valence-corrected chi connectivity index (χ1v) is 7.01. The van der Waals surface area contributed by atoms with E-state index >= 15 is 0 Å². The Hall–Kier alpha value is -1.71. The zero-order chi connectivity index (χ0) is 16.7. The average molecular weight is 278 g/mol. The minimum Gasteiger partial charge on any atom is -0.493 e. The standard InChI is InChI=1S/C16H21NO3/c1-19-14-7-6-11(12-9-16(18)17-10-12)8-15(14)20-13-4-2-3-5-13/h6-8,12-13H,2-5,9-10H2,1H3,(H,17,18)/i9D2,13D. The molecule has 1 saturated heterocycles. The van der Waals surface area contributed by atoms with Crippen molar-refractivity contribution in [1.29, 1.82) is 0 Å². The second kappa shape index (κ2) is 5.73. The van der Waals surface area contributed by atoms with Gasteiger partial charge in [-0.15, -0.1) is 0 Å². The third-order valence-electron chi connectivity index (χ3n) is 3.78. The molecule has 1 aromatic carbocycles. The molecule has 2 aliphatic rings. The first-order valence-electron chi connectivity index (χ1n) is 8.51. The maximum Gasteiger partial charge on any atom is 0.220 e. The van der Waals surface area contributed by atoms with E-state index in [4.69, 9.17) is 13.6 Å². The first-order chi connectivity index (χ1) is 10.9. The van der Waals surface area contributed by atoms with Gasteiger partial charge in [-0.2, -0.15) is 0 Å². The molecule has 1 N–H and O–H groups in total. The van der Waals surface area contributed by atoms with Gasteiger partial charge in [-0.1, -0.05) is 6.07 Å². The van der Waals surface area contributed by atoms with E-state index in [-0.39, 0.29) is 6.54 Å². The Morgan fingerprint density at radius 2 is 2.15 bits per heavy atom. The van der Waals surface area contributed by atoms with Gasteiger partial charge in [0.25, 0.3) is 0 Å². The van der Waals surface area contributed by atoms with E-state index in [1.54, 1.807) is 18.2 Å².